The summed E-state index contributed by atoms with van der Waals surface area (Å²) >= 11 is 0. The van der Waals surface area contributed by atoms with Gasteiger partial charge in [-0.05, 0) is 81.3 Å². The average molecular weight is 443 g/mol. The van der Waals surface area contributed by atoms with E-state index in [0.29, 0.717) is 6.10 Å². The van der Waals surface area contributed by atoms with Crippen LogP contribution >= 0.6 is 12.4 Å². The normalized spacial score (nSPS) is 24.6. The van der Waals surface area contributed by atoms with Gasteiger partial charge in [0.1, 0.15) is 5.75 Å². The van der Waals surface area contributed by atoms with Gasteiger partial charge in [0.25, 0.3) is 0 Å². The first-order chi connectivity index (χ1) is 14.8. The van der Waals surface area contributed by atoms with Crippen molar-refractivity contribution in [2.24, 2.45) is 0 Å². The van der Waals surface area contributed by atoms with Crippen molar-refractivity contribution < 1.29 is 9.47 Å². The number of hydrogen-bond donors (Lipinski definition) is 1. The summed E-state index contributed by atoms with van der Waals surface area (Å²) in [6.45, 7) is 2.72. The minimum atomic E-state index is 0. The Morgan fingerprint density at radius 2 is 1.94 bits per heavy atom. The monoisotopic (exact) mass is 442 g/mol. The van der Waals surface area contributed by atoms with Gasteiger partial charge in [-0.3, -0.25) is 4.98 Å². The number of benzene rings is 1. The van der Waals surface area contributed by atoms with Crippen LogP contribution in [0, 0.1) is 0 Å². The molecule has 31 heavy (non-hydrogen) atoms. The first kappa shape index (κ1) is 22.6. The molecule has 0 bridgehead atoms. The Balaban J connectivity index is 0.00000231. The highest BCUT2D eigenvalue weighted by Gasteiger charge is 2.48. The van der Waals surface area contributed by atoms with Crippen molar-refractivity contribution in [3.63, 3.8) is 0 Å². The van der Waals surface area contributed by atoms with E-state index in [9.17, 15) is 0 Å². The molecule has 168 valence electrons. The van der Waals surface area contributed by atoms with Gasteiger partial charge in [0, 0.05) is 30.5 Å². The van der Waals surface area contributed by atoms with Crippen LogP contribution in [-0.2, 0) is 16.7 Å². The molecule has 1 spiro atoms. The molecular formula is C26H35ClN2O2. The Bertz CT molecular complexity index is 836. The third kappa shape index (κ3) is 5.42. The van der Waals surface area contributed by atoms with Crippen LogP contribution in [0.25, 0.3) is 0 Å². The van der Waals surface area contributed by atoms with E-state index in [1.54, 1.807) is 0 Å². The molecule has 1 aliphatic heterocycles. The lowest BCUT2D eigenvalue weighted by molar-refractivity contribution is -0.104. The number of ether oxygens (including phenoxy) is 2. The van der Waals surface area contributed by atoms with Crippen LogP contribution in [-0.4, -0.2) is 29.8 Å². The first-order valence-corrected chi connectivity index (χ1v) is 11.8. The van der Waals surface area contributed by atoms with Gasteiger partial charge in [-0.1, -0.05) is 31.0 Å². The van der Waals surface area contributed by atoms with Gasteiger partial charge in [0.2, 0.25) is 0 Å². The van der Waals surface area contributed by atoms with Crippen LogP contribution in [0.1, 0.15) is 69.0 Å². The van der Waals surface area contributed by atoms with Crippen molar-refractivity contribution in [1.29, 1.82) is 0 Å². The fourth-order valence-corrected chi connectivity index (χ4v) is 5.46. The first-order valence-electron chi connectivity index (χ1n) is 11.8. The second-order valence-electron chi connectivity index (χ2n) is 9.55. The zero-order valence-corrected chi connectivity index (χ0v) is 19.2. The molecule has 0 amide bonds. The molecule has 1 N–H and O–H groups in total. The second kappa shape index (κ2) is 9.89. The van der Waals surface area contributed by atoms with Crippen LogP contribution in [0.15, 0.2) is 48.7 Å². The highest BCUT2D eigenvalue weighted by Crippen LogP contribution is 2.49. The second-order valence-corrected chi connectivity index (χ2v) is 9.55. The molecule has 2 saturated carbocycles. The van der Waals surface area contributed by atoms with E-state index in [0.717, 1.165) is 44.7 Å². The SMILES string of the molecule is Cl.c1ccc(C2(CCNCc3cccc(OC4CC4)c3)CCOC3(CCCC3)C2)nc1. The molecule has 0 radical (unpaired) electrons. The molecule has 4 nitrogen and oxygen atoms in total. The maximum absolute atomic E-state index is 6.37. The summed E-state index contributed by atoms with van der Waals surface area (Å²) in [5, 5.41) is 3.69. The van der Waals surface area contributed by atoms with Crippen LogP contribution in [0.5, 0.6) is 5.75 Å². The third-order valence-corrected chi connectivity index (χ3v) is 7.21. The van der Waals surface area contributed by atoms with Gasteiger partial charge in [-0.2, -0.15) is 0 Å². The fourth-order valence-electron chi connectivity index (χ4n) is 5.46. The zero-order chi connectivity index (χ0) is 20.3. The smallest absolute Gasteiger partial charge is 0.120 e. The number of halogens is 1. The predicted molar refractivity (Wildman–Crippen MR) is 126 cm³/mol. The standard InChI is InChI=1S/C26H34N2O2.ClH/c1-4-15-28-24(8-1)25(14-17-29-26(20-25)11-2-3-12-26)13-16-27-19-21-6-5-7-23(18-21)30-22-9-10-22;/h1,4-8,15,18,22,27H,2-3,9-14,16-17,19-20H2;1H. The molecule has 2 aromatic rings. The Kier molecular flexibility index (Phi) is 7.20. The highest BCUT2D eigenvalue weighted by atomic mass is 35.5. The molecule has 1 aromatic heterocycles. The maximum atomic E-state index is 6.37. The van der Waals surface area contributed by atoms with Crippen molar-refractivity contribution in [3.8, 4) is 5.75 Å². The topological polar surface area (TPSA) is 43.4 Å². The quantitative estimate of drug-likeness (QED) is 0.541. The van der Waals surface area contributed by atoms with E-state index in [1.165, 1.54) is 49.8 Å². The van der Waals surface area contributed by atoms with Gasteiger partial charge >= 0.3 is 0 Å². The number of nitrogens with zero attached hydrogens (tertiary/aromatic N) is 1. The molecule has 1 aromatic carbocycles. The molecule has 1 saturated heterocycles. The third-order valence-electron chi connectivity index (χ3n) is 7.21. The Morgan fingerprint density at radius 1 is 1.06 bits per heavy atom. The Morgan fingerprint density at radius 3 is 2.71 bits per heavy atom. The molecular weight excluding hydrogens is 408 g/mol. The van der Waals surface area contributed by atoms with Crippen LogP contribution < -0.4 is 10.1 Å². The number of hydrogen-bond acceptors (Lipinski definition) is 4. The fraction of sp³-hybridized carbons (Fsp3) is 0.577. The number of aromatic nitrogens is 1. The summed E-state index contributed by atoms with van der Waals surface area (Å²) in [5.74, 6) is 1.01. The number of nitrogens with one attached hydrogen (secondary N) is 1. The summed E-state index contributed by atoms with van der Waals surface area (Å²) in [5.41, 5.74) is 2.75. The van der Waals surface area contributed by atoms with E-state index in [2.05, 4.69) is 41.7 Å². The van der Waals surface area contributed by atoms with Gasteiger partial charge in [0.15, 0.2) is 0 Å². The molecule has 2 heterocycles. The van der Waals surface area contributed by atoms with Gasteiger partial charge < -0.3 is 14.8 Å². The average Bonchev–Trinajstić information content (AvgIpc) is 3.49. The molecule has 5 rings (SSSR count). The number of pyridine rings is 1. The van der Waals surface area contributed by atoms with Crippen LogP contribution in [0.3, 0.4) is 0 Å². The largest absolute Gasteiger partial charge is 0.490 e. The van der Waals surface area contributed by atoms with E-state index in [4.69, 9.17) is 14.5 Å². The van der Waals surface area contributed by atoms with E-state index in [-0.39, 0.29) is 23.4 Å². The van der Waals surface area contributed by atoms with Crippen molar-refractivity contribution in [2.75, 3.05) is 13.2 Å². The van der Waals surface area contributed by atoms with Crippen LogP contribution in [0.4, 0.5) is 0 Å². The summed E-state index contributed by atoms with van der Waals surface area (Å²) in [6, 6.07) is 14.9. The van der Waals surface area contributed by atoms with E-state index in [1.807, 2.05) is 12.3 Å². The Labute approximate surface area is 192 Å². The van der Waals surface area contributed by atoms with Crippen LogP contribution in [0.2, 0.25) is 0 Å². The van der Waals surface area contributed by atoms with Gasteiger partial charge in [-0.25, -0.2) is 0 Å². The summed E-state index contributed by atoms with van der Waals surface area (Å²) in [4.78, 5) is 4.81. The minimum absolute atomic E-state index is 0. The number of rotatable bonds is 8. The lowest BCUT2D eigenvalue weighted by Crippen LogP contribution is -2.47. The zero-order valence-electron chi connectivity index (χ0n) is 18.4. The summed E-state index contributed by atoms with van der Waals surface area (Å²) in [6.07, 6.45) is 13.1. The Hall–Kier alpha value is -1.62. The predicted octanol–water partition coefficient (Wildman–Crippen LogP) is 5.59. The van der Waals surface area contributed by atoms with Gasteiger partial charge in [-0.15, -0.1) is 12.4 Å². The lowest BCUT2D eigenvalue weighted by Gasteiger charge is -2.46. The molecule has 1 atom stereocenters. The lowest BCUT2D eigenvalue weighted by atomic mass is 9.68. The van der Waals surface area contributed by atoms with Crippen molar-refractivity contribution in [2.45, 2.75) is 81.5 Å². The molecule has 2 aliphatic carbocycles. The molecule has 3 fully saturated rings. The van der Waals surface area contributed by atoms with E-state index >= 15 is 0 Å². The van der Waals surface area contributed by atoms with Crippen molar-refractivity contribution in [3.05, 3.63) is 59.9 Å². The maximum Gasteiger partial charge on any atom is 0.120 e. The van der Waals surface area contributed by atoms with Crippen molar-refractivity contribution in [1.82, 2.24) is 10.3 Å². The van der Waals surface area contributed by atoms with Gasteiger partial charge in [0.05, 0.1) is 11.7 Å². The molecule has 1 unspecified atom stereocenters. The highest BCUT2D eigenvalue weighted by molar-refractivity contribution is 5.85. The molecule has 5 heteroatoms. The minimum Gasteiger partial charge on any atom is -0.490 e. The summed E-state index contributed by atoms with van der Waals surface area (Å²) in [7, 11) is 0. The summed E-state index contributed by atoms with van der Waals surface area (Å²) < 4.78 is 12.3. The van der Waals surface area contributed by atoms with E-state index < -0.39 is 0 Å². The van der Waals surface area contributed by atoms with Crippen molar-refractivity contribution >= 4 is 12.4 Å². The molecule has 3 aliphatic rings.